The number of rotatable bonds is 5. The van der Waals surface area contributed by atoms with Gasteiger partial charge < -0.3 is 4.74 Å². The zero-order chi connectivity index (χ0) is 14.7. The van der Waals surface area contributed by atoms with Gasteiger partial charge in [-0.15, -0.1) is 0 Å². The molecule has 3 rings (SSSR count). The van der Waals surface area contributed by atoms with Gasteiger partial charge in [0.25, 0.3) is 0 Å². The van der Waals surface area contributed by atoms with Crippen LogP contribution in [0.3, 0.4) is 0 Å². The van der Waals surface area contributed by atoms with Crippen LogP contribution in [0.4, 0.5) is 5.69 Å². The Morgan fingerprint density at radius 2 is 2.19 bits per heavy atom. The lowest BCUT2D eigenvalue weighted by Gasteiger charge is -2.19. The molecule has 1 aromatic heterocycles. The maximum absolute atomic E-state index is 5.77. The lowest BCUT2D eigenvalue weighted by molar-refractivity contribution is 0.292. The first-order valence-electron chi connectivity index (χ1n) is 6.91. The highest BCUT2D eigenvalue weighted by atomic mass is 16.5. The largest absolute Gasteiger partial charge is 0.473 e. The van der Waals surface area contributed by atoms with Gasteiger partial charge in [-0.05, 0) is 23.3 Å². The number of aromatic amines is 1. The summed E-state index contributed by atoms with van der Waals surface area (Å²) in [6.07, 6.45) is 2.61. The fraction of sp³-hybridized carbons (Fsp3) is 0.357. The zero-order valence-corrected chi connectivity index (χ0v) is 12.2. The van der Waals surface area contributed by atoms with Crippen molar-refractivity contribution < 1.29 is 4.74 Å². The summed E-state index contributed by atoms with van der Waals surface area (Å²) in [4.78, 5) is 0. The average Bonchev–Trinajstić information content (AvgIpc) is 3.16. The topological polar surface area (TPSA) is 69.1 Å². The molecule has 1 aromatic carbocycles. The van der Waals surface area contributed by atoms with Gasteiger partial charge in [0, 0.05) is 18.7 Å². The van der Waals surface area contributed by atoms with Crippen molar-refractivity contribution in [1.82, 2.24) is 15.2 Å². The van der Waals surface area contributed by atoms with E-state index in [4.69, 9.17) is 4.74 Å². The second kappa shape index (κ2) is 5.82. The maximum Gasteiger partial charge on any atom is 0.209 e. The summed E-state index contributed by atoms with van der Waals surface area (Å²) in [6, 6.07) is 8.01. The molecule has 0 atom stereocenters. The Hall–Kier alpha value is -2.57. The predicted octanol–water partition coefficient (Wildman–Crippen LogP) is 2.54. The van der Waals surface area contributed by atoms with E-state index in [2.05, 4.69) is 33.6 Å². The third kappa shape index (κ3) is 2.81. The van der Waals surface area contributed by atoms with Gasteiger partial charge in [0.05, 0.1) is 11.9 Å². The summed E-state index contributed by atoms with van der Waals surface area (Å²) in [5.41, 5.74) is 3.41. The summed E-state index contributed by atoms with van der Waals surface area (Å²) >= 11 is 0. The monoisotopic (exact) mass is 286 g/mol. The number of nitrogens with zero attached hydrogens (tertiary/aromatic N) is 5. The normalized spacial score (nSPS) is 14.0. The van der Waals surface area contributed by atoms with E-state index in [1.54, 1.807) is 17.3 Å². The van der Waals surface area contributed by atoms with Crippen molar-refractivity contribution >= 4 is 5.69 Å². The average molecular weight is 286 g/mol. The van der Waals surface area contributed by atoms with E-state index in [-0.39, 0.29) is 0 Å². The molecule has 0 radical (unpaired) electrons. The number of benzene rings is 1. The van der Waals surface area contributed by atoms with Gasteiger partial charge in [-0.3, -0.25) is 5.01 Å². The molecule has 0 aliphatic carbocycles. The van der Waals surface area contributed by atoms with E-state index in [1.165, 1.54) is 5.56 Å². The number of aryl methyl sites for hydroxylation is 1. The van der Waals surface area contributed by atoms with Crippen molar-refractivity contribution in [2.75, 3.05) is 18.7 Å². The molecule has 0 spiro atoms. The van der Waals surface area contributed by atoms with Crippen LogP contribution in [0.5, 0.6) is 5.88 Å². The standard InChI is InChI=1S/C14H18N6O/c1-3-11-5-4-6-13(20-10-19(2)17-18-20)12(11)9-21-14-7-8-15-16-14/h4-8H,3,9-10H2,1-2H3,(H,15,16). The van der Waals surface area contributed by atoms with Gasteiger partial charge >= 0.3 is 0 Å². The fourth-order valence-electron chi connectivity index (χ4n) is 2.33. The first-order chi connectivity index (χ1) is 10.3. The maximum atomic E-state index is 5.77. The molecule has 7 heteroatoms. The number of H-pyrrole nitrogens is 1. The summed E-state index contributed by atoms with van der Waals surface area (Å²) in [5.74, 6) is 0.659. The van der Waals surface area contributed by atoms with Crippen LogP contribution in [-0.2, 0) is 13.0 Å². The molecule has 1 aliphatic rings. The number of aromatic nitrogens is 2. The molecule has 2 heterocycles. The Bertz CT molecular complexity index is 624. The van der Waals surface area contributed by atoms with Crippen molar-refractivity contribution in [2.24, 2.45) is 10.4 Å². The molecular formula is C14H18N6O. The lowest BCUT2D eigenvalue weighted by atomic mass is 10.0. The van der Waals surface area contributed by atoms with Gasteiger partial charge in [-0.1, -0.05) is 24.3 Å². The van der Waals surface area contributed by atoms with E-state index >= 15 is 0 Å². The fourth-order valence-corrected chi connectivity index (χ4v) is 2.33. The number of hydrogen-bond donors (Lipinski definition) is 1. The van der Waals surface area contributed by atoms with E-state index < -0.39 is 0 Å². The molecule has 0 fully saturated rings. The minimum atomic E-state index is 0.470. The number of hydrogen-bond acceptors (Lipinski definition) is 6. The smallest absolute Gasteiger partial charge is 0.209 e. The molecule has 2 aromatic rings. The van der Waals surface area contributed by atoms with E-state index in [0.717, 1.165) is 17.7 Å². The quantitative estimate of drug-likeness (QED) is 0.917. The van der Waals surface area contributed by atoms with Crippen LogP contribution in [0.25, 0.3) is 0 Å². The molecular weight excluding hydrogens is 268 g/mol. The molecule has 0 saturated heterocycles. The number of ether oxygens (including phenoxy) is 1. The molecule has 0 unspecified atom stereocenters. The van der Waals surface area contributed by atoms with Crippen molar-refractivity contribution in [3.05, 3.63) is 41.6 Å². The molecule has 1 N–H and O–H groups in total. The number of nitrogens with one attached hydrogen (secondary N) is 1. The molecule has 7 nitrogen and oxygen atoms in total. The molecule has 0 saturated carbocycles. The van der Waals surface area contributed by atoms with Crippen LogP contribution < -0.4 is 9.75 Å². The number of anilines is 1. The minimum Gasteiger partial charge on any atom is -0.473 e. The SMILES string of the molecule is CCc1cccc(N2CN(C)N=N2)c1COc1ccn[nH]1. The van der Waals surface area contributed by atoms with Crippen LogP contribution in [0, 0.1) is 0 Å². The summed E-state index contributed by atoms with van der Waals surface area (Å²) in [5, 5.41) is 18.6. The van der Waals surface area contributed by atoms with Gasteiger partial charge in [-0.25, -0.2) is 10.1 Å². The van der Waals surface area contributed by atoms with E-state index in [0.29, 0.717) is 19.2 Å². The highest BCUT2D eigenvalue weighted by Gasteiger charge is 2.19. The first kappa shape index (κ1) is 13.4. The molecule has 110 valence electrons. The highest BCUT2D eigenvalue weighted by Crippen LogP contribution is 2.28. The summed E-state index contributed by atoms with van der Waals surface area (Å²) < 4.78 is 5.77. The third-order valence-electron chi connectivity index (χ3n) is 3.39. The van der Waals surface area contributed by atoms with Crippen LogP contribution in [0.2, 0.25) is 0 Å². The Labute approximate surface area is 123 Å². The Kier molecular flexibility index (Phi) is 3.72. The third-order valence-corrected chi connectivity index (χ3v) is 3.39. The second-order valence-electron chi connectivity index (χ2n) is 4.86. The van der Waals surface area contributed by atoms with Crippen molar-refractivity contribution in [3.63, 3.8) is 0 Å². The van der Waals surface area contributed by atoms with Gasteiger partial charge in [-0.2, -0.15) is 5.10 Å². The molecule has 21 heavy (non-hydrogen) atoms. The zero-order valence-electron chi connectivity index (χ0n) is 12.2. The van der Waals surface area contributed by atoms with Crippen LogP contribution in [0.15, 0.2) is 40.9 Å². The van der Waals surface area contributed by atoms with Crippen LogP contribution in [0.1, 0.15) is 18.1 Å². The van der Waals surface area contributed by atoms with Crippen LogP contribution >= 0.6 is 0 Å². The van der Waals surface area contributed by atoms with Gasteiger partial charge in [0.1, 0.15) is 13.3 Å². The molecule has 0 bridgehead atoms. The first-order valence-corrected chi connectivity index (χ1v) is 6.91. The van der Waals surface area contributed by atoms with Crippen molar-refractivity contribution in [1.29, 1.82) is 0 Å². The lowest BCUT2D eigenvalue weighted by Crippen LogP contribution is -2.23. The summed E-state index contributed by atoms with van der Waals surface area (Å²) in [7, 11) is 1.90. The van der Waals surface area contributed by atoms with Gasteiger partial charge in [0.2, 0.25) is 5.88 Å². The van der Waals surface area contributed by atoms with E-state index in [9.17, 15) is 0 Å². The minimum absolute atomic E-state index is 0.470. The molecule has 1 aliphatic heterocycles. The van der Waals surface area contributed by atoms with Crippen LogP contribution in [-0.4, -0.2) is 28.9 Å². The van der Waals surface area contributed by atoms with Crippen molar-refractivity contribution in [3.8, 4) is 5.88 Å². The van der Waals surface area contributed by atoms with Gasteiger partial charge in [0.15, 0.2) is 0 Å². The highest BCUT2D eigenvalue weighted by molar-refractivity contribution is 5.56. The van der Waals surface area contributed by atoms with E-state index in [1.807, 2.05) is 24.2 Å². The Morgan fingerprint density at radius 3 is 2.86 bits per heavy atom. The summed E-state index contributed by atoms with van der Waals surface area (Å²) in [6.45, 7) is 3.25. The molecule has 0 amide bonds. The second-order valence-corrected chi connectivity index (χ2v) is 4.86. The Balaban J connectivity index is 1.87. The Morgan fingerprint density at radius 1 is 1.29 bits per heavy atom. The predicted molar refractivity (Wildman–Crippen MR) is 78.7 cm³/mol. The van der Waals surface area contributed by atoms with Crippen molar-refractivity contribution in [2.45, 2.75) is 20.0 Å².